The summed E-state index contributed by atoms with van der Waals surface area (Å²) in [7, 11) is 0. The predicted octanol–water partition coefficient (Wildman–Crippen LogP) is 3.68. The Bertz CT molecular complexity index is 750. The van der Waals surface area contributed by atoms with Gasteiger partial charge in [0.15, 0.2) is 5.16 Å². The molecule has 28 heavy (non-hydrogen) atoms. The SMILES string of the molecule is CSc1nc(C)c(CCC(=O)NCC(c2ccco2)N2CCCCC2)c(C)n1. The number of carbonyl (C=O) groups is 1. The van der Waals surface area contributed by atoms with Crippen LogP contribution in [0.15, 0.2) is 28.0 Å². The van der Waals surface area contributed by atoms with E-state index in [1.54, 1.807) is 6.26 Å². The van der Waals surface area contributed by atoms with Gasteiger partial charge in [0.2, 0.25) is 5.91 Å². The fourth-order valence-electron chi connectivity index (χ4n) is 3.82. The number of nitrogens with zero attached hydrogens (tertiary/aromatic N) is 3. The summed E-state index contributed by atoms with van der Waals surface area (Å²) in [6.45, 7) is 6.67. The topological polar surface area (TPSA) is 71.3 Å². The van der Waals surface area contributed by atoms with Crippen molar-refractivity contribution in [3.05, 3.63) is 41.1 Å². The molecule has 1 aliphatic heterocycles. The van der Waals surface area contributed by atoms with Crippen molar-refractivity contribution in [2.75, 3.05) is 25.9 Å². The lowest BCUT2D eigenvalue weighted by atomic mass is 10.1. The Labute approximate surface area is 171 Å². The van der Waals surface area contributed by atoms with Crippen molar-refractivity contribution < 1.29 is 9.21 Å². The van der Waals surface area contributed by atoms with Crippen molar-refractivity contribution >= 4 is 17.7 Å². The second-order valence-corrected chi connectivity index (χ2v) is 8.06. The molecule has 1 fully saturated rings. The maximum atomic E-state index is 12.5. The standard InChI is InChI=1S/C21H30N4O2S/c1-15-17(16(2)24-21(23-15)28-3)9-10-20(26)22-14-18(19-8-7-13-27-19)25-11-5-4-6-12-25/h7-8,13,18H,4-6,9-12,14H2,1-3H3,(H,22,26). The average Bonchev–Trinajstić information content (AvgIpc) is 3.22. The summed E-state index contributed by atoms with van der Waals surface area (Å²) in [6, 6.07) is 4.02. The fourth-order valence-corrected chi connectivity index (χ4v) is 4.28. The number of likely N-dealkylation sites (tertiary alicyclic amines) is 1. The largest absolute Gasteiger partial charge is 0.468 e. The van der Waals surface area contributed by atoms with Crippen molar-refractivity contribution in [1.82, 2.24) is 20.2 Å². The molecule has 7 heteroatoms. The van der Waals surface area contributed by atoms with E-state index in [2.05, 4.69) is 20.2 Å². The molecule has 1 unspecified atom stereocenters. The molecule has 1 N–H and O–H groups in total. The van der Waals surface area contributed by atoms with Gasteiger partial charge in [0, 0.05) is 24.4 Å². The maximum absolute atomic E-state index is 12.5. The molecule has 1 amide bonds. The van der Waals surface area contributed by atoms with Gasteiger partial charge in [0.25, 0.3) is 0 Å². The molecule has 0 aliphatic carbocycles. The van der Waals surface area contributed by atoms with Gasteiger partial charge in [-0.05, 0) is 70.2 Å². The zero-order valence-corrected chi connectivity index (χ0v) is 17.8. The number of piperidine rings is 1. The summed E-state index contributed by atoms with van der Waals surface area (Å²) < 4.78 is 5.65. The van der Waals surface area contributed by atoms with Crippen LogP contribution in [0.3, 0.4) is 0 Å². The quantitative estimate of drug-likeness (QED) is 0.536. The van der Waals surface area contributed by atoms with E-state index >= 15 is 0 Å². The number of rotatable bonds is 8. The van der Waals surface area contributed by atoms with E-state index in [1.165, 1.54) is 31.0 Å². The molecule has 0 radical (unpaired) electrons. The van der Waals surface area contributed by atoms with Gasteiger partial charge in [-0.1, -0.05) is 18.2 Å². The number of carbonyl (C=O) groups excluding carboxylic acids is 1. The van der Waals surface area contributed by atoms with Crippen molar-refractivity contribution in [3.63, 3.8) is 0 Å². The van der Waals surface area contributed by atoms with Gasteiger partial charge in [0.05, 0.1) is 12.3 Å². The van der Waals surface area contributed by atoms with Gasteiger partial charge in [-0.2, -0.15) is 0 Å². The van der Waals surface area contributed by atoms with E-state index in [0.29, 0.717) is 19.4 Å². The molecule has 1 atom stereocenters. The third-order valence-electron chi connectivity index (χ3n) is 5.38. The normalized spacial score (nSPS) is 16.1. The van der Waals surface area contributed by atoms with Crippen LogP contribution in [0.25, 0.3) is 0 Å². The highest BCUT2D eigenvalue weighted by Gasteiger charge is 2.25. The maximum Gasteiger partial charge on any atom is 0.220 e. The van der Waals surface area contributed by atoms with E-state index in [4.69, 9.17) is 4.42 Å². The Morgan fingerprint density at radius 1 is 1.25 bits per heavy atom. The smallest absolute Gasteiger partial charge is 0.220 e. The van der Waals surface area contributed by atoms with Crippen LogP contribution in [0.2, 0.25) is 0 Å². The summed E-state index contributed by atoms with van der Waals surface area (Å²) in [5.74, 6) is 0.983. The molecule has 0 bridgehead atoms. The van der Waals surface area contributed by atoms with Crippen LogP contribution in [0.1, 0.15) is 54.4 Å². The molecule has 2 aromatic rings. The molecule has 1 saturated heterocycles. The molecule has 3 heterocycles. The van der Waals surface area contributed by atoms with Gasteiger partial charge in [-0.15, -0.1) is 0 Å². The van der Waals surface area contributed by atoms with E-state index in [0.717, 1.165) is 41.0 Å². The van der Waals surface area contributed by atoms with Crippen molar-refractivity contribution in [2.45, 2.75) is 57.1 Å². The zero-order chi connectivity index (χ0) is 19.9. The number of hydrogen-bond donors (Lipinski definition) is 1. The van der Waals surface area contributed by atoms with Crippen molar-refractivity contribution in [1.29, 1.82) is 0 Å². The fraction of sp³-hybridized carbons (Fsp3) is 0.571. The van der Waals surface area contributed by atoms with E-state index in [9.17, 15) is 4.79 Å². The van der Waals surface area contributed by atoms with Crippen LogP contribution in [-0.2, 0) is 11.2 Å². The first-order valence-electron chi connectivity index (χ1n) is 10.0. The molecule has 2 aromatic heterocycles. The molecule has 152 valence electrons. The minimum Gasteiger partial charge on any atom is -0.468 e. The third kappa shape index (κ3) is 5.35. The molecule has 3 rings (SSSR count). The summed E-state index contributed by atoms with van der Waals surface area (Å²) in [6.07, 6.45) is 8.47. The van der Waals surface area contributed by atoms with Gasteiger partial charge in [0.1, 0.15) is 5.76 Å². The first-order chi connectivity index (χ1) is 13.6. The minimum absolute atomic E-state index is 0.0568. The van der Waals surface area contributed by atoms with E-state index in [-0.39, 0.29) is 11.9 Å². The van der Waals surface area contributed by atoms with Crippen LogP contribution in [0.4, 0.5) is 0 Å². The minimum atomic E-state index is 0.0568. The predicted molar refractivity (Wildman–Crippen MR) is 111 cm³/mol. The van der Waals surface area contributed by atoms with Crippen LogP contribution >= 0.6 is 11.8 Å². The van der Waals surface area contributed by atoms with Crippen LogP contribution < -0.4 is 5.32 Å². The lowest BCUT2D eigenvalue weighted by molar-refractivity contribution is -0.121. The van der Waals surface area contributed by atoms with E-state index in [1.807, 2.05) is 32.2 Å². The highest BCUT2D eigenvalue weighted by Crippen LogP contribution is 2.24. The summed E-state index contributed by atoms with van der Waals surface area (Å²) >= 11 is 1.54. The summed E-state index contributed by atoms with van der Waals surface area (Å²) in [4.78, 5) is 23.9. The number of thioether (sulfide) groups is 1. The Balaban J connectivity index is 1.56. The number of amides is 1. The Kier molecular flexibility index (Phi) is 7.50. The average molecular weight is 403 g/mol. The Hall–Kier alpha value is -1.86. The lowest BCUT2D eigenvalue weighted by Gasteiger charge is -2.33. The number of nitrogens with one attached hydrogen (secondary N) is 1. The summed E-state index contributed by atoms with van der Waals surface area (Å²) in [5.41, 5.74) is 3.00. The highest BCUT2D eigenvalue weighted by atomic mass is 32.2. The van der Waals surface area contributed by atoms with E-state index < -0.39 is 0 Å². The number of aromatic nitrogens is 2. The molecule has 1 aliphatic rings. The molecular weight excluding hydrogens is 372 g/mol. The first kappa shape index (κ1) is 20.9. The zero-order valence-electron chi connectivity index (χ0n) is 17.0. The Morgan fingerprint density at radius 3 is 2.57 bits per heavy atom. The molecular formula is C21H30N4O2S. The molecule has 0 spiro atoms. The number of aryl methyl sites for hydroxylation is 2. The summed E-state index contributed by atoms with van der Waals surface area (Å²) in [5, 5.41) is 3.90. The van der Waals surface area contributed by atoms with Crippen LogP contribution in [0.5, 0.6) is 0 Å². The van der Waals surface area contributed by atoms with Gasteiger partial charge in [-0.3, -0.25) is 9.69 Å². The second-order valence-electron chi connectivity index (χ2n) is 7.29. The molecule has 0 aromatic carbocycles. The monoisotopic (exact) mass is 402 g/mol. The second kappa shape index (κ2) is 10.1. The van der Waals surface area contributed by atoms with Gasteiger partial charge in [-0.25, -0.2) is 9.97 Å². The van der Waals surface area contributed by atoms with Gasteiger partial charge >= 0.3 is 0 Å². The first-order valence-corrected chi connectivity index (χ1v) is 11.2. The molecule has 0 saturated carbocycles. The number of hydrogen-bond acceptors (Lipinski definition) is 6. The highest BCUT2D eigenvalue weighted by molar-refractivity contribution is 7.98. The Morgan fingerprint density at radius 2 is 1.96 bits per heavy atom. The third-order valence-corrected chi connectivity index (χ3v) is 5.93. The van der Waals surface area contributed by atoms with Crippen LogP contribution in [-0.4, -0.2) is 46.7 Å². The van der Waals surface area contributed by atoms with Gasteiger partial charge < -0.3 is 9.73 Å². The van der Waals surface area contributed by atoms with Crippen molar-refractivity contribution in [3.8, 4) is 0 Å². The van der Waals surface area contributed by atoms with Crippen molar-refractivity contribution in [2.24, 2.45) is 0 Å². The van der Waals surface area contributed by atoms with Crippen LogP contribution in [0, 0.1) is 13.8 Å². The number of furan rings is 1. The lowest BCUT2D eigenvalue weighted by Crippen LogP contribution is -2.40. The molecule has 6 nitrogen and oxygen atoms in total.